The third kappa shape index (κ3) is 3.87. The number of hydrogen-bond donors (Lipinski definition) is 0. The average Bonchev–Trinajstić information content (AvgIpc) is 2.62. The molecule has 0 aromatic heterocycles. The van der Waals surface area contributed by atoms with E-state index in [0.717, 1.165) is 23.5 Å². The number of benzene rings is 2. The van der Waals surface area contributed by atoms with E-state index in [0.29, 0.717) is 24.3 Å². The summed E-state index contributed by atoms with van der Waals surface area (Å²) in [6.45, 7) is 7.14. The molecule has 1 atom stereocenters. The second-order valence-corrected chi connectivity index (χ2v) is 6.47. The topological polar surface area (TPSA) is 55.8 Å². The zero-order valence-corrected chi connectivity index (χ0v) is 15.3. The number of anilines is 1. The van der Waals surface area contributed by atoms with E-state index in [1.165, 1.54) is 0 Å². The maximum atomic E-state index is 11.8. The third-order valence-electron chi connectivity index (χ3n) is 4.35. The maximum Gasteiger partial charge on any atom is 0.338 e. The van der Waals surface area contributed by atoms with Crippen LogP contribution in [0.2, 0.25) is 0 Å². The van der Waals surface area contributed by atoms with Crippen molar-refractivity contribution in [2.75, 3.05) is 18.1 Å². The predicted octanol–water partition coefficient (Wildman–Crippen LogP) is 3.85. The Hall–Kier alpha value is -2.82. The summed E-state index contributed by atoms with van der Waals surface area (Å²) in [5, 5.41) is 0. The second-order valence-electron chi connectivity index (χ2n) is 6.47. The Labute approximate surface area is 153 Å². The van der Waals surface area contributed by atoms with Gasteiger partial charge in [-0.3, -0.25) is 4.79 Å². The van der Waals surface area contributed by atoms with Crippen LogP contribution >= 0.6 is 0 Å². The van der Waals surface area contributed by atoms with Crippen LogP contribution in [0.25, 0.3) is 0 Å². The molecule has 2 aromatic carbocycles. The van der Waals surface area contributed by atoms with Crippen LogP contribution in [0, 0.1) is 0 Å². The van der Waals surface area contributed by atoms with Gasteiger partial charge in [0.2, 0.25) is 0 Å². The summed E-state index contributed by atoms with van der Waals surface area (Å²) in [7, 11) is 0. The molecule has 0 amide bonds. The molecule has 0 fully saturated rings. The summed E-state index contributed by atoms with van der Waals surface area (Å²) in [6.07, 6.45) is 0.0597. The molecule has 136 valence electrons. The highest BCUT2D eigenvalue weighted by Gasteiger charge is 2.24. The van der Waals surface area contributed by atoms with Gasteiger partial charge < -0.3 is 14.4 Å². The summed E-state index contributed by atoms with van der Waals surface area (Å²) >= 11 is 0. The van der Waals surface area contributed by atoms with E-state index in [-0.39, 0.29) is 17.9 Å². The molecule has 1 unspecified atom stereocenters. The van der Waals surface area contributed by atoms with Crippen LogP contribution in [0.1, 0.15) is 47.1 Å². The minimum atomic E-state index is -0.310. The molecule has 2 aromatic rings. The fourth-order valence-electron chi connectivity index (χ4n) is 3.08. The molecule has 1 aliphatic rings. The van der Waals surface area contributed by atoms with Crippen LogP contribution < -0.4 is 9.64 Å². The van der Waals surface area contributed by atoms with Gasteiger partial charge in [0.15, 0.2) is 5.78 Å². The number of Topliss-reactive ketones (excluding diaryl/α,β-unsaturated/α-hetero) is 1. The number of ketones is 1. The fourth-order valence-corrected chi connectivity index (χ4v) is 3.08. The molecule has 1 aliphatic heterocycles. The van der Waals surface area contributed by atoms with E-state index < -0.39 is 0 Å². The smallest absolute Gasteiger partial charge is 0.338 e. The number of rotatable bonds is 5. The van der Waals surface area contributed by atoms with Crippen molar-refractivity contribution in [3.05, 3.63) is 59.2 Å². The molecule has 0 N–H and O–H groups in total. The lowest BCUT2D eigenvalue weighted by atomic mass is 10.1. The first-order chi connectivity index (χ1) is 12.5. The fraction of sp³-hybridized carbons (Fsp3) is 0.333. The van der Waals surface area contributed by atoms with Gasteiger partial charge >= 0.3 is 5.97 Å². The highest BCUT2D eigenvalue weighted by atomic mass is 16.5. The van der Waals surface area contributed by atoms with Crippen molar-refractivity contribution >= 4 is 17.4 Å². The van der Waals surface area contributed by atoms with Crippen molar-refractivity contribution in [2.45, 2.75) is 33.4 Å². The Balaban J connectivity index is 1.83. The van der Waals surface area contributed by atoms with Crippen molar-refractivity contribution in [2.24, 2.45) is 0 Å². The van der Waals surface area contributed by atoms with Crippen LogP contribution in [-0.4, -0.2) is 31.0 Å². The van der Waals surface area contributed by atoms with Crippen LogP contribution in [0.3, 0.4) is 0 Å². The Kier molecular flexibility index (Phi) is 5.26. The van der Waals surface area contributed by atoms with Gasteiger partial charge in [-0.05, 0) is 56.7 Å². The van der Waals surface area contributed by atoms with Crippen molar-refractivity contribution in [3.63, 3.8) is 0 Å². The standard InChI is InChI=1S/C21H23NO4/c1-4-25-21(24)17-7-5-16(6-8-17)13-22-12-14(2)26-20-10-9-18(15(3)23)11-19(20)22/h5-11,14H,4,12-13H2,1-3H3. The molecular formula is C21H23NO4. The highest BCUT2D eigenvalue weighted by Crippen LogP contribution is 2.35. The van der Waals surface area contributed by atoms with Crippen molar-refractivity contribution in [3.8, 4) is 5.75 Å². The summed E-state index contributed by atoms with van der Waals surface area (Å²) in [5.41, 5.74) is 3.21. The highest BCUT2D eigenvalue weighted by molar-refractivity contribution is 5.95. The van der Waals surface area contributed by atoms with E-state index >= 15 is 0 Å². The first kappa shape index (κ1) is 18.0. The van der Waals surface area contributed by atoms with E-state index in [1.807, 2.05) is 31.2 Å². The van der Waals surface area contributed by atoms with Gasteiger partial charge in [0, 0.05) is 12.1 Å². The van der Waals surface area contributed by atoms with Crippen molar-refractivity contribution in [1.29, 1.82) is 0 Å². The lowest BCUT2D eigenvalue weighted by molar-refractivity contribution is 0.0526. The summed E-state index contributed by atoms with van der Waals surface area (Å²) < 4.78 is 10.9. The number of nitrogens with zero attached hydrogens (tertiary/aromatic N) is 1. The molecule has 26 heavy (non-hydrogen) atoms. The number of carbonyl (C=O) groups excluding carboxylic acids is 2. The van der Waals surface area contributed by atoms with Gasteiger partial charge in [0.1, 0.15) is 11.9 Å². The maximum absolute atomic E-state index is 11.8. The molecule has 5 heteroatoms. The van der Waals surface area contributed by atoms with Crippen LogP contribution in [-0.2, 0) is 11.3 Å². The number of esters is 1. The van der Waals surface area contributed by atoms with Crippen molar-refractivity contribution in [1.82, 2.24) is 0 Å². The number of ether oxygens (including phenoxy) is 2. The summed E-state index contributed by atoms with van der Waals surface area (Å²) in [6, 6.07) is 13.0. The molecule has 5 nitrogen and oxygen atoms in total. The minimum absolute atomic E-state index is 0.0326. The van der Waals surface area contributed by atoms with Gasteiger partial charge in [0.25, 0.3) is 0 Å². The van der Waals surface area contributed by atoms with Gasteiger partial charge in [-0.1, -0.05) is 12.1 Å². The van der Waals surface area contributed by atoms with E-state index in [1.54, 1.807) is 32.0 Å². The lowest BCUT2D eigenvalue weighted by Gasteiger charge is -2.35. The Morgan fingerprint density at radius 1 is 1.15 bits per heavy atom. The Bertz CT molecular complexity index is 813. The SMILES string of the molecule is CCOC(=O)c1ccc(CN2CC(C)Oc3ccc(C(C)=O)cc32)cc1. The van der Waals surface area contributed by atoms with Crippen LogP contribution in [0.15, 0.2) is 42.5 Å². The lowest BCUT2D eigenvalue weighted by Crippen LogP contribution is -2.38. The molecule has 3 rings (SSSR count). The first-order valence-electron chi connectivity index (χ1n) is 8.80. The monoisotopic (exact) mass is 353 g/mol. The number of fused-ring (bicyclic) bond motifs is 1. The minimum Gasteiger partial charge on any atom is -0.487 e. The van der Waals surface area contributed by atoms with Crippen LogP contribution in [0.4, 0.5) is 5.69 Å². The van der Waals surface area contributed by atoms with E-state index in [4.69, 9.17) is 9.47 Å². The molecule has 0 saturated carbocycles. The van der Waals surface area contributed by atoms with Crippen LogP contribution in [0.5, 0.6) is 5.75 Å². The molecule has 0 spiro atoms. The molecule has 0 saturated heterocycles. The second kappa shape index (κ2) is 7.60. The van der Waals surface area contributed by atoms with Gasteiger partial charge in [-0.25, -0.2) is 4.79 Å². The molecule has 0 bridgehead atoms. The number of carbonyl (C=O) groups is 2. The normalized spacial score (nSPS) is 15.8. The molecule has 0 radical (unpaired) electrons. The Morgan fingerprint density at radius 3 is 2.50 bits per heavy atom. The Morgan fingerprint density at radius 2 is 1.85 bits per heavy atom. The summed E-state index contributed by atoms with van der Waals surface area (Å²) in [5.74, 6) is 0.512. The summed E-state index contributed by atoms with van der Waals surface area (Å²) in [4.78, 5) is 25.7. The zero-order chi connectivity index (χ0) is 18.7. The molecular weight excluding hydrogens is 330 g/mol. The van der Waals surface area contributed by atoms with Gasteiger partial charge in [-0.15, -0.1) is 0 Å². The average molecular weight is 353 g/mol. The quantitative estimate of drug-likeness (QED) is 0.604. The molecule has 1 heterocycles. The van der Waals surface area contributed by atoms with Crippen molar-refractivity contribution < 1.29 is 19.1 Å². The zero-order valence-electron chi connectivity index (χ0n) is 15.3. The predicted molar refractivity (Wildman–Crippen MR) is 100.0 cm³/mol. The van der Waals surface area contributed by atoms with E-state index in [2.05, 4.69) is 4.90 Å². The number of hydrogen-bond acceptors (Lipinski definition) is 5. The van der Waals surface area contributed by atoms with Gasteiger partial charge in [-0.2, -0.15) is 0 Å². The first-order valence-corrected chi connectivity index (χ1v) is 8.80. The van der Waals surface area contributed by atoms with E-state index in [9.17, 15) is 9.59 Å². The molecule has 0 aliphatic carbocycles. The largest absolute Gasteiger partial charge is 0.487 e. The third-order valence-corrected chi connectivity index (χ3v) is 4.35. The van der Waals surface area contributed by atoms with Gasteiger partial charge in [0.05, 0.1) is 24.4 Å².